The van der Waals surface area contributed by atoms with Crippen LogP contribution in [-0.2, 0) is 0 Å². The van der Waals surface area contributed by atoms with Crippen LogP contribution < -0.4 is 21.1 Å². The van der Waals surface area contributed by atoms with Crippen molar-refractivity contribution in [3.05, 3.63) is 53.6 Å². The maximum absolute atomic E-state index is 12.6. The summed E-state index contributed by atoms with van der Waals surface area (Å²) >= 11 is 1.05. The van der Waals surface area contributed by atoms with Crippen LogP contribution in [0.5, 0.6) is 0 Å². The summed E-state index contributed by atoms with van der Waals surface area (Å²) in [6.07, 6.45) is 4.00. The predicted molar refractivity (Wildman–Crippen MR) is 118 cm³/mol. The first-order chi connectivity index (χ1) is 14.0. The minimum absolute atomic E-state index is 0.208. The van der Waals surface area contributed by atoms with Crippen molar-refractivity contribution in [2.24, 2.45) is 10.9 Å². The minimum Gasteiger partial charge on any atom is -0.401 e. The van der Waals surface area contributed by atoms with Gasteiger partial charge in [-0.05, 0) is 62.0 Å². The zero-order valence-corrected chi connectivity index (χ0v) is 16.9. The predicted octanol–water partition coefficient (Wildman–Crippen LogP) is 3.06. The second-order valence-electron chi connectivity index (χ2n) is 7.00. The van der Waals surface area contributed by atoms with E-state index in [9.17, 15) is 4.79 Å². The van der Waals surface area contributed by atoms with Gasteiger partial charge in [-0.25, -0.2) is 9.97 Å². The van der Waals surface area contributed by atoms with Crippen molar-refractivity contribution in [2.75, 3.05) is 23.3 Å². The Hall–Kier alpha value is -3.04. The highest BCUT2D eigenvalue weighted by molar-refractivity contribution is 8.06. The largest absolute Gasteiger partial charge is 0.401 e. The molecular weight excluding hydrogens is 386 g/mol. The van der Waals surface area contributed by atoms with Gasteiger partial charge in [-0.2, -0.15) is 0 Å². The van der Waals surface area contributed by atoms with E-state index in [1.54, 1.807) is 13.1 Å². The van der Waals surface area contributed by atoms with E-state index in [1.165, 1.54) is 12.8 Å². The van der Waals surface area contributed by atoms with E-state index in [1.807, 2.05) is 30.3 Å². The van der Waals surface area contributed by atoms with Gasteiger partial charge in [0, 0.05) is 30.7 Å². The van der Waals surface area contributed by atoms with Crippen LogP contribution in [0.4, 0.5) is 11.5 Å². The molecule has 0 spiro atoms. The molecule has 9 heteroatoms. The molecule has 0 radical (unpaired) electrons. The summed E-state index contributed by atoms with van der Waals surface area (Å²) in [5.74, 6) is 1.32. The molecule has 0 aliphatic carbocycles. The fraction of sp³-hybridized carbons (Fsp3) is 0.250. The van der Waals surface area contributed by atoms with Crippen LogP contribution in [0.15, 0.2) is 42.2 Å². The van der Waals surface area contributed by atoms with E-state index in [0.717, 1.165) is 41.9 Å². The van der Waals surface area contributed by atoms with Crippen LogP contribution in [0, 0.1) is 0 Å². The van der Waals surface area contributed by atoms with Gasteiger partial charge in [0.25, 0.3) is 5.91 Å². The Labute approximate surface area is 172 Å². The number of aromatic amines is 1. The number of nitrogens with two attached hydrogens (primary N) is 2. The maximum atomic E-state index is 12.6. The van der Waals surface area contributed by atoms with Crippen molar-refractivity contribution in [1.29, 1.82) is 0 Å². The number of carbonyl (C=O) groups is 1. The smallest absolute Gasteiger partial charge is 0.257 e. The van der Waals surface area contributed by atoms with E-state index in [2.05, 4.69) is 25.2 Å². The minimum atomic E-state index is -0.208. The lowest BCUT2D eigenvalue weighted by Gasteiger charge is -2.16. The third-order valence-electron chi connectivity index (χ3n) is 4.87. The highest BCUT2D eigenvalue weighted by atomic mass is 32.2. The van der Waals surface area contributed by atoms with E-state index >= 15 is 0 Å². The molecule has 1 fully saturated rings. The van der Waals surface area contributed by atoms with Gasteiger partial charge < -0.3 is 20.9 Å². The van der Waals surface area contributed by atoms with Crippen LogP contribution in [0.2, 0.25) is 0 Å². The molecule has 0 atom stereocenters. The highest BCUT2D eigenvalue weighted by Gasteiger charge is 2.15. The summed E-state index contributed by atoms with van der Waals surface area (Å²) < 4.78 is 0. The first kappa shape index (κ1) is 19.3. The number of nitrogens with one attached hydrogen (secondary N) is 2. The van der Waals surface area contributed by atoms with E-state index in [0.29, 0.717) is 27.7 Å². The topological polar surface area (TPSA) is 126 Å². The number of benzene rings is 1. The summed E-state index contributed by atoms with van der Waals surface area (Å²) in [6.45, 7) is 3.82. The Morgan fingerprint density at radius 1 is 1.24 bits per heavy atom. The molecule has 150 valence electrons. The summed E-state index contributed by atoms with van der Waals surface area (Å²) in [4.78, 5) is 27.7. The average molecular weight is 410 g/mol. The lowest BCUT2D eigenvalue weighted by atomic mass is 10.2. The Kier molecular flexibility index (Phi) is 5.41. The fourth-order valence-corrected chi connectivity index (χ4v) is 3.78. The Balaban J connectivity index is 1.51. The molecular formula is C20H23N7OS. The molecule has 2 aromatic heterocycles. The lowest BCUT2D eigenvalue weighted by Crippen LogP contribution is -2.19. The number of imidazole rings is 1. The third-order valence-corrected chi connectivity index (χ3v) is 5.62. The highest BCUT2D eigenvalue weighted by Crippen LogP contribution is 2.26. The number of rotatable bonds is 5. The van der Waals surface area contributed by atoms with E-state index < -0.39 is 0 Å². The Morgan fingerprint density at radius 3 is 2.69 bits per heavy atom. The number of H-pyrrole nitrogens is 1. The number of aromatic nitrogens is 3. The first-order valence-corrected chi connectivity index (χ1v) is 10.3. The van der Waals surface area contributed by atoms with Gasteiger partial charge in [0.2, 0.25) is 0 Å². The van der Waals surface area contributed by atoms with Crippen LogP contribution >= 0.6 is 11.9 Å². The second-order valence-corrected chi connectivity index (χ2v) is 7.64. The number of nitrogens with zero attached hydrogens (tertiary/aromatic N) is 3. The standard InChI is InChI=1S/C20H23N7OS/c1-12(21)18(29-22)19-25-15-6-5-14(10-16(15)26-19)24-20(28)13-4-7-17(23-11-13)27-8-2-3-9-27/h4-7,10-11H,2-3,8-9,21-22H2,1H3,(H,24,28)(H,25,26)/b18-12-. The van der Waals surface area contributed by atoms with Crippen LogP contribution in [0.25, 0.3) is 15.9 Å². The number of hydrogen-bond acceptors (Lipinski definition) is 7. The van der Waals surface area contributed by atoms with Gasteiger partial charge >= 0.3 is 0 Å². The third kappa shape index (κ3) is 4.06. The van der Waals surface area contributed by atoms with Crippen LogP contribution in [0.1, 0.15) is 35.9 Å². The second kappa shape index (κ2) is 8.14. The number of allylic oxidation sites excluding steroid dienone is 1. The first-order valence-electron chi connectivity index (χ1n) is 9.41. The number of pyridine rings is 1. The van der Waals surface area contributed by atoms with Crippen molar-refractivity contribution < 1.29 is 4.79 Å². The Morgan fingerprint density at radius 2 is 2.03 bits per heavy atom. The van der Waals surface area contributed by atoms with E-state index in [-0.39, 0.29) is 5.91 Å². The maximum Gasteiger partial charge on any atom is 0.257 e. The number of fused-ring (bicyclic) bond motifs is 1. The molecule has 8 nitrogen and oxygen atoms in total. The number of hydrogen-bond donors (Lipinski definition) is 4. The van der Waals surface area contributed by atoms with Gasteiger partial charge in [-0.1, -0.05) is 0 Å². The van der Waals surface area contributed by atoms with Crippen molar-refractivity contribution in [1.82, 2.24) is 15.0 Å². The number of carbonyl (C=O) groups excluding carboxylic acids is 1. The molecule has 3 aromatic rings. The zero-order valence-electron chi connectivity index (χ0n) is 16.1. The SMILES string of the molecule is C/C(N)=C(/SN)c1nc2ccc(NC(=O)c3ccc(N4CCCC4)nc3)cc2[nH]1. The summed E-state index contributed by atoms with van der Waals surface area (Å²) in [5, 5.41) is 8.60. The molecule has 1 amide bonds. The summed E-state index contributed by atoms with van der Waals surface area (Å²) in [5.41, 5.74) is 9.19. The summed E-state index contributed by atoms with van der Waals surface area (Å²) in [6, 6.07) is 9.19. The average Bonchev–Trinajstić information content (AvgIpc) is 3.38. The number of amides is 1. The molecule has 29 heavy (non-hydrogen) atoms. The molecule has 1 aliphatic rings. The molecule has 1 aliphatic heterocycles. The van der Waals surface area contributed by atoms with Crippen molar-refractivity contribution >= 4 is 45.3 Å². The van der Waals surface area contributed by atoms with Gasteiger partial charge in [-0.15, -0.1) is 0 Å². The molecule has 4 rings (SSSR count). The molecule has 6 N–H and O–H groups in total. The fourth-order valence-electron chi connectivity index (χ4n) is 3.39. The quantitative estimate of drug-likeness (QED) is 0.477. The molecule has 0 unspecified atom stereocenters. The van der Waals surface area contributed by atoms with Crippen LogP contribution in [-0.4, -0.2) is 33.9 Å². The molecule has 0 bridgehead atoms. The molecule has 1 saturated heterocycles. The lowest BCUT2D eigenvalue weighted by molar-refractivity contribution is 0.102. The normalized spacial score (nSPS) is 14.9. The van der Waals surface area contributed by atoms with E-state index in [4.69, 9.17) is 10.9 Å². The van der Waals surface area contributed by atoms with Gasteiger partial charge in [0.15, 0.2) is 0 Å². The number of anilines is 2. The monoisotopic (exact) mass is 409 g/mol. The van der Waals surface area contributed by atoms with Gasteiger partial charge in [0.1, 0.15) is 11.6 Å². The van der Waals surface area contributed by atoms with Crippen LogP contribution in [0.3, 0.4) is 0 Å². The summed E-state index contributed by atoms with van der Waals surface area (Å²) in [7, 11) is 0. The Bertz CT molecular complexity index is 1060. The molecule has 0 saturated carbocycles. The molecule has 3 heterocycles. The van der Waals surface area contributed by atoms with Crippen molar-refractivity contribution in [3.8, 4) is 0 Å². The van der Waals surface area contributed by atoms with Gasteiger partial charge in [0.05, 0.1) is 21.5 Å². The van der Waals surface area contributed by atoms with Gasteiger partial charge in [-0.3, -0.25) is 9.93 Å². The molecule has 1 aromatic carbocycles. The van der Waals surface area contributed by atoms with Crippen molar-refractivity contribution in [2.45, 2.75) is 19.8 Å². The zero-order chi connectivity index (χ0) is 20.4. The van der Waals surface area contributed by atoms with Crippen molar-refractivity contribution in [3.63, 3.8) is 0 Å².